The van der Waals surface area contributed by atoms with Crippen LogP contribution in [0.4, 0.5) is 0 Å². The van der Waals surface area contributed by atoms with Crippen molar-refractivity contribution in [1.29, 1.82) is 0 Å². The van der Waals surface area contributed by atoms with E-state index < -0.39 is 0 Å². The van der Waals surface area contributed by atoms with Crippen LogP contribution in [-0.2, 0) is 0 Å². The standard InChI is InChI=1S/C16H32.H2O/c1-3-5-7-9-11-13-15-16-14-12-10-8-6-4-2;/h3H,1,4-16H2,2H3;1H2. The van der Waals surface area contributed by atoms with E-state index in [0.29, 0.717) is 0 Å². The minimum absolute atomic E-state index is 0. The summed E-state index contributed by atoms with van der Waals surface area (Å²) < 4.78 is 0. The summed E-state index contributed by atoms with van der Waals surface area (Å²) in [6.45, 7) is 6.03. The quantitative estimate of drug-likeness (QED) is 0.304. The molecule has 17 heavy (non-hydrogen) atoms. The fourth-order valence-electron chi connectivity index (χ4n) is 2.13. The van der Waals surface area contributed by atoms with Crippen molar-refractivity contribution < 1.29 is 5.48 Å². The van der Waals surface area contributed by atoms with E-state index in [1.54, 1.807) is 0 Å². The zero-order valence-electron chi connectivity index (χ0n) is 12.0. The molecule has 0 fully saturated rings. The number of hydrogen-bond donors (Lipinski definition) is 0. The van der Waals surface area contributed by atoms with E-state index in [0.717, 1.165) is 0 Å². The highest BCUT2D eigenvalue weighted by molar-refractivity contribution is 4.65. The van der Waals surface area contributed by atoms with Gasteiger partial charge in [-0.25, -0.2) is 0 Å². The lowest BCUT2D eigenvalue weighted by Gasteiger charge is -2.02. The van der Waals surface area contributed by atoms with Crippen molar-refractivity contribution in [2.75, 3.05) is 0 Å². The Labute approximate surface area is 109 Å². The van der Waals surface area contributed by atoms with Crippen LogP contribution in [0.15, 0.2) is 12.7 Å². The van der Waals surface area contributed by atoms with Crippen LogP contribution in [0, 0.1) is 0 Å². The number of rotatable bonds is 13. The summed E-state index contributed by atoms with van der Waals surface area (Å²) in [4.78, 5) is 0. The maximum Gasteiger partial charge on any atom is -0.0353 e. The van der Waals surface area contributed by atoms with Crippen molar-refractivity contribution >= 4 is 0 Å². The van der Waals surface area contributed by atoms with Gasteiger partial charge in [0.25, 0.3) is 0 Å². The number of unbranched alkanes of at least 4 members (excludes halogenated alkanes) is 12. The molecule has 0 spiro atoms. The highest BCUT2D eigenvalue weighted by Gasteiger charge is 1.92. The molecule has 2 N–H and O–H groups in total. The Morgan fingerprint density at radius 1 is 0.647 bits per heavy atom. The Hall–Kier alpha value is -0.300. The molecule has 0 saturated heterocycles. The van der Waals surface area contributed by atoms with Crippen molar-refractivity contribution in [2.24, 2.45) is 0 Å². The van der Waals surface area contributed by atoms with E-state index in [1.807, 2.05) is 6.08 Å². The number of allylic oxidation sites excluding steroid dienone is 1. The zero-order valence-corrected chi connectivity index (χ0v) is 12.0. The molecule has 0 atom stereocenters. The first kappa shape index (κ1) is 19.0. The van der Waals surface area contributed by atoms with Gasteiger partial charge in [0.2, 0.25) is 0 Å². The molecule has 0 bridgehead atoms. The predicted molar refractivity (Wildman–Crippen MR) is 79.5 cm³/mol. The third-order valence-electron chi connectivity index (χ3n) is 3.26. The lowest BCUT2D eigenvalue weighted by atomic mass is 10.0. The largest absolute Gasteiger partial charge is 0.412 e. The van der Waals surface area contributed by atoms with Gasteiger partial charge in [-0.15, -0.1) is 6.58 Å². The molecule has 0 aliphatic carbocycles. The SMILES string of the molecule is C=CCCCCCCCCCCCCCC.O. The Morgan fingerprint density at radius 2 is 1.00 bits per heavy atom. The summed E-state index contributed by atoms with van der Waals surface area (Å²) in [7, 11) is 0. The third kappa shape index (κ3) is 18.3. The lowest BCUT2D eigenvalue weighted by molar-refractivity contribution is 0.545. The maximum absolute atomic E-state index is 3.75. The van der Waals surface area contributed by atoms with Gasteiger partial charge in [0, 0.05) is 0 Å². The third-order valence-corrected chi connectivity index (χ3v) is 3.26. The van der Waals surface area contributed by atoms with E-state index in [9.17, 15) is 0 Å². The van der Waals surface area contributed by atoms with Crippen molar-refractivity contribution in [3.05, 3.63) is 12.7 Å². The molecular weight excluding hydrogens is 208 g/mol. The van der Waals surface area contributed by atoms with Gasteiger partial charge in [0.05, 0.1) is 0 Å². The Bertz CT molecular complexity index is 131. The molecule has 1 heteroatoms. The van der Waals surface area contributed by atoms with Crippen molar-refractivity contribution in [3.8, 4) is 0 Å². The molecule has 0 amide bonds. The maximum atomic E-state index is 3.75. The Morgan fingerprint density at radius 3 is 1.35 bits per heavy atom. The van der Waals surface area contributed by atoms with Crippen LogP contribution in [0.5, 0.6) is 0 Å². The molecule has 0 aliphatic heterocycles. The van der Waals surface area contributed by atoms with Crippen molar-refractivity contribution in [2.45, 2.75) is 90.4 Å². The van der Waals surface area contributed by atoms with Crippen LogP contribution < -0.4 is 0 Å². The number of hydrogen-bond acceptors (Lipinski definition) is 0. The zero-order chi connectivity index (χ0) is 11.9. The van der Waals surface area contributed by atoms with Crippen LogP contribution in [0.2, 0.25) is 0 Å². The van der Waals surface area contributed by atoms with Gasteiger partial charge in [-0.2, -0.15) is 0 Å². The first-order valence-corrected chi connectivity index (χ1v) is 7.52. The lowest BCUT2D eigenvalue weighted by Crippen LogP contribution is -1.82. The average Bonchev–Trinajstić information content (AvgIpc) is 2.31. The fourth-order valence-corrected chi connectivity index (χ4v) is 2.13. The summed E-state index contributed by atoms with van der Waals surface area (Å²) in [6, 6.07) is 0. The van der Waals surface area contributed by atoms with E-state index in [4.69, 9.17) is 0 Å². The molecule has 0 aromatic carbocycles. The summed E-state index contributed by atoms with van der Waals surface area (Å²) >= 11 is 0. The minimum atomic E-state index is 0. The molecule has 0 heterocycles. The van der Waals surface area contributed by atoms with Gasteiger partial charge in [0.1, 0.15) is 0 Å². The van der Waals surface area contributed by atoms with Crippen LogP contribution in [0.3, 0.4) is 0 Å². The minimum Gasteiger partial charge on any atom is -0.412 e. The first-order valence-electron chi connectivity index (χ1n) is 7.52. The van der Waals surface area contributed by atoms with Gasteiger partial charge >= 0.3 is 0 Å². The fraction of sp³-hybridized carbons (Fsp3) is 0.875. The molecule has 0 radical (unpaired) electrons. The van der Waals surface area contributed by atoms with Gasteiger partial charge in [-0.05, 0) is 12.8 Å². The summed E-state index contributed by atoms with van der Waals surface area (Å²) in [5.41, 5.74) is 0. The highest BCUT2D eigenvalue weighted by Crippen LogP contribution is 2.12. The van der Waals surface area contributed by atoms with Gasteiger partial charge in [0.15, 0.2) is 0 Å². The second-order valence-corrected chi connectivity index (χ2v) is 4.97. The Kier molecular flexibility index (Phi) is 20.3. The molecule has 0 saturated carbocycles. The first-order chi connectivity index (χ1) is 7.91. The van der Waals surface area contributed by atoms with Gasteiger partial charge < -0.3 is 5.48 Å². The van der Waals surface area contributed by atoms with Gasteiger partial charge in [-0.1, -0.05) is 83.6 Å². The molecule has 0 aromatic heterocycles. The monoisotopic (exact) mass is 242 g/mol. The summed E-state index contributed by atoms with van der Waals surface area (Å²) in [5.74, 6) is 0. The van der Waals surface area contributed by atoms with Crippen LogP contribution in [-0.4, -0.2) is 5.48 Å². The van der Waals surface area contributed by atoms with E-state index >= 15 is 0 Å². The van der Waals surface area contributed by atoms with E-state index in [2.05, 4.69) is 13.5 Å². The average molecular weight is 242 g/mol. The van der Waals surface area contributed by atoms with E-state index in [-0.39, 0.29) is 5.48 Å². The molecule has 1 nitrogen and oxygen atoms in total. The Balaban J connectivity index is 0. The van der Waals surface area contributed by atoms with Crippen LogP contribution in [0.1, 0.15) is 90.4 Å². The smallest absolute Gasteiger partial charge is 0.0353 e. The second-order valence-electron chi connectivity index (χ2n) is 4.97. The topological polar surface area (TPSA) is 31.5 Å². The molecule has 0 aliphatic rings. The highest BCUT2D eigenvalue weighted by atomic mass is 16.0. The summed E-state index contributed by atoms with van der Waals surface area (Å²) in [5, 5.41) is 0. The summed E-state index contributed by atoms with van der Waals surface area (Å²) in [6.07, 6.45) is 20.5. The van der Waals surface area contributed by atoms with Gasteiger partial charge in [-0.3, -0.25) is 0 Å². The second kappa shape index (κ2) is 18.1. The van der Waals surface area contributed by atoms with Crippen LogP contribution >= 0.6 is 0 Å². The molecule has 0 unspecified atom stereocenters. The predicted octanol–water partition coefficient (Wildman–Crippen LogP) is 5.44. The van der Waals surface area contributed by atoms with Crippen LogP contribution in [0.25, 0.3) is 0 Å². The van der Waals surface area contributed by atoms with Crippen molar-refractivity contribution in [1.82, 2.24) is 0 Å². The van der Waals surface area contributed by atoms with Crippen molar-refractivity contribution in [3.63, 3.8) is 0 Å². The molecule has 0 aromatic rings. The molecule has 104 valence electrons. The molecule has 0 rings (SSSR count). The normalized spacial score (nSPS) is 9.94. The molecular formula is C16H34O. The van der Waals surface area contributed by atoms with E-state index in [1.165, 1.54) is 83.5 Å².